The molecular formula is C15H20O9. The highest BCUT2D eigenvalue weighted by atomic mass is 16.4. The van der Waals surface area contributed by atoms with Gasteiger partial charge < -0.3 is 30.6 Å². The van der Waals surface area contributed by atoms with Gasteiger partial charge in [0.05, 0.1) is 13.2 Å². The third-order valence-corrected chi connectivity index (χ3v) is 3.62. The van der Waals surface area contributed by atoms with Crippen LogP contribution in [0.25, 0.3) is 0 Å². The minimum atomic E-state index is -1.77. The molecule has 0 aromatic rings. The van der Waals surface area contributed by atoms with E-state index in [1.165, 1.54) is 0 Å². The average Bonchev–Trinajstić information content (AvgIpc) is 2.52. The molecule has 9 nitrogen and oxygen atoms in total. The summed E-state index contributed by atoms with van der Waals surface area (Å²) >= 11 is 0. The molecule has 1 atom stereocenters. The molecule has 0 amide bonds. The van der Waals surface area contributed by atoms with E-state index in [1.807, 2.05) is 0 Å². The first-order chi connectivity index (χ1) is 11.2. The molecule has 0 aliphatic carbocycles. The SMILES string of the molecule is O=C(O)C=CC(C=CC(=O)O)(CO)C(C=CC(=O)O)(CO)CCO. The van der Waals surface area contributed by atoms with Gasteiger partial charge in [-0.2, -0.15) is 0 Å². The summed E-state index contributed by atoms with van der Waals surface area (Å²) < 4.78 is 0. The van der Waals surface area contributed by atoms with E-state index in [-0.39, 0.29) is 6.42 Å². The molecule has 134 valence electrons. The van der Waals surface area contributed by atoms with Crippen LogP contribution in [-0.2, 0) is 14.4 Å². The number of carboxylic acids is 3. The standard InChI is InChI=1S/C15H20O9/c16-8-7-15(10-18,6-3-13(23)24)14(9-17,4-1-11(19)20)5-2-12(21)22/h1-6,16-18H,7-10H2,(H,19,20)(H,21,22)(H,23,24). The summed E-state index contributed by atoms with van der Waals surface area (Å²) in [5.41, 5.74) is -3.42. The number of hydrogen-bond acceptors (Lipinski definition) is 6. The molecule has 0 aromatic heterocycles. The summed E-state index contributed by atoms with van der Waals surface area (Å²) in [6, 6.07) is 0. The van der Waals surface area contributed by atoms with Crippen LogP contribution in [0.2, 0.25) is 0 Å². The van der Waals surface area contributed by atoms with Crippen LogP contribution in [0.1, 0.15) is 6.42 Å². The normalized spacial score (nSPS) is 17.1. The van der Waals surface area contributed by atoms with Crippen LogP contribution in [0.3, 0.4) is 0 Å². The van der Waals surface area contributed by atoms with E-state index in [1.54, 1.807) is 0 Å². The van der Waals surface area contributed by atoms with Gasteiger partial charge in [-0.05, 0) is 6.42 Å². The molecule has 0 aliphatic heterocycles. The zero-order valence-electron chi connectivity index (χ0n) is 12.7. The highest BCUT2D eigenvalue weighted by Gasteiger charge is 2.46. The molecule has 0 heterocycles. The fourth-order valence-corrected chi connectivity index (χ4v) is 2.27. The van der Waals surface area contributed by atoms with Crippen LogP contribution in [0.15, 0.2) is 36.5 Å². The number of aliphatic hydroxyl groups excluding tert-OH is 3. The summed E-state index contributed by atoms with van der Waals surface area (Å²) in [5, 5.41) is 55.2. The molecule has 0 aliphatic rings. The minimum absolute atomic E-state index is 0.262. The van der Waals surface area contributed by atoms with Crippen molar-refractivity contribution in [3.05, 3.63) is 36.5 Å². The number of carboxylic acid groups (broad SMARTS) is 3. The predicted octanol–water partition coefficient (Wildman–Crippen LogP) is -0.751. The Kier molecular flexibility index (Phi) is 8.61. The van der Waals surface area contributed by atoms with Crippen molar-refractivity contribution >= 4 is 17.9 Å². The van der Waals surface area contributed by atoms with E-state index >= 15 is 0 Å². The largest absolute Gasteiger partial charge is 0.478 e. The van der Waals surface area contributed by atoms with Crippen molar-refractivity contribution in [3.63, 3.8) is 0 Å². The molecule has 0 spiro atoms. The smallest absolute Gasteiger partial charge is 0.328 e. The highest BCUT2D eigenvalue weighted by Crippen LogP contribution is 2.46. The molecule has 0 bridgehead atoms. The average molecular weight is 344 g/mol. The predicted molar refractivity (Wildman–Crippen MR) is 81.1 cm³/mol. The molecule has 0 radical (unpaired) electrons. The van der Waals surface area contributed by atoms with E-state index in [9.17, 15) is 29.7 Å². The Balaban J connectivity index is 6.46. The van der Waals surface area contributed by atoms with Gasteiger partial charge in [0.1, 0.15) is 0 Å². The lowest BCUT2D eigenvalue weighted by atomic mass is 9.61. The second kappa shape index (κ2) is 9.60. The third-order valence-electron chi connectivity index (χ3n) is 3.62. The number of aliphatic hydroxyl groups is 3. The summed E-state index contributed by atoms with van der Waals surface area (Å²) in [5.74, 6) is -4.16. The molecule has 1 unspecified atom stereocenters. The first-order valence-corrected chi connectivity index (χ1v) is 6.77. The van der Waals surface area contributed by atoms with Crippen molar-refractivity contribution < 1.29 is 45.0 Å². The maximum atomic E-state index is 10.8. The molecule has 0 aromatic carbocycles. The van der Waals surface area contributed by atoms with Gasteiger partial charge in [0, 0.05) is 35.7 Å². The first-order valence-electron chi connectivity index (χ1n) is 6.77. The molecule has 24 heavy (non-hydrogen) atoms. The molecule has 0 saturated carbocycles. The van der Waals surface area contributed by atoms with Crippen molar-refractivity contribution in [2.75, 3.05) is 19.8 Å². The summed E-state index contributed by atoms with van der Waals surface area (Å²) in [4.78, 5) is 32.4. The highest BCUT2D eigenvalue weighted by molar-refractivity contribution is 5.82. The van der Waals surface area contributed by atoms with Crippen LogP contribution < -0.4 is 0 Å². The molecule has 9 heteroatoms. The van der Waals surface area contributed by atoms with E-state index in [4.69, 9.17) is 15.3 Å². The van der Waals surface area contributed by atoms with Crippen LogP contribution >= 0.6 is 0 Å². The van der Waals surface area contributed by atoms with Crippen LogP contribution in [-0.4, -0.2) is 68.4 Å². The van der Waals surface area contributed by atoms with Gasteiger partial charge in [-0.1, -0.05) is 18.2 Å². The Morgan fingerprint density at radius 2 is 1.12 bits per heavy atom. The summed E-state index contributed by atoms with van der Waals surface area (Å²) in [7, 11) is 0. The molecular weight excluding hydrogens is 324 g/mol. The van der Waals surface area contributed by atoms with Crippen molar-refractivity contribution in [1.29, 1.82) is 0 Å². The topological polar surface area (TPSA) is 173 Å². The van der Waals surface area contributed by atoms with Crippen molar-refractivity contribution in [2.45, 2.75) is 6.42 Å². The number of carbonyl (C=O) groups is 3. The lowest BCUT2D eigenvalue weighted by Crippen LogP contribution is -2.45. The zero-order chi connectivity index (χ0) is 18.8. The maximum absolute atomic E-state index is 10.8. The minimum Gasteiger partial charge on any atom is -0.478 e. The monoisotopic (exact) mass is 344 g/mol. The second-order valence-electron chi connectivity index (χ2n) is 5.00. The van der Waals surface area contributed by atoms with Crippen molar-refractivity contribution in [1.82, 2.24) is 0 Å². The second-order valence-corrected chi connectivity index (χ2v) is 5.00. The van der Waals surface area contributed by atoms with E-state index in [0.29, 0.717) is 18.2 Å². The number of rotatable bonds is 11. The van der Waals surface area contributed by atoms with Gasteiger partial charge in [-0.25, -0.2) is 14.4 Å². The van der Waals surface area contributed by atoms with Crippen molar-refractivity contribution in [2.24, 2.45) is 10.8 Å². The lowest BCUT2D eigenvalue weighted by molar-refractivity contribution is -0.132. The van der Waals surface area contributed by atoms with Crippen molar-refractivity contribution in [3.8, 4) is 0 Å². The Morgan fingerprint density at radius 3 is 1.42 bits per heavy atom. The molecule has 0 fully saturated rings. The number of hydrogen-bond donors (Lipinski definition) is 6. The van der Waals surface area contributed by atoms with Gasteiger partial charge in [-0.3, -0.25) is 0 Å². The Hall–Kier alpha value is -2.49. The lowest BCUT2D eigenvalue weighted by Gasteiger charge is -2.43. The fourth-order valence-electron chi connectivity index (χ4n) is 2.27. The first kappa shape index (κ1) is 21.5. The number of aliphatic carboxylic acids is 3. The molecule has 6 N–H and O–H groups in total. The summed E-state index contributed by atoms with van der Waals surface area (Å²) in [6.45, 7) is -2.16. The van der Waals surface area contributed by atoms with Crippen LogP contribution in [0.5, 0.6) is 0 Å². The van der Waals surface area contributed by atoms with Gasteiger partial charge in [0.2, 0.25) is 0 Å². The molecule has 0 rings (SSSR count). The fraction of sp³-hybridized carbons (Fsp3) is 0.400. The molecule has 0 saturated heterocycles. The maximum Gasteiger partial charge on any atom is 0.328 e. The van der Waals surface area contributed by atoms with Gasteiger partial charge >= 0.3 is 17.9 Å². The van der Waals surface area contributed by atoms with Crippen LogP contribution in [0.4, 0.5) is 0 Å². The Morgan fingerprint density at radius 1 is 0.708 bits per heavy atom. The third kappa shape index (κ3) is 5.61. The quantitative estimate of drug-likeness (QED) is 0.264. The van der Waals surface area contributed by atoms with E-state index in [2.05, 4.69) is 0 Å². The van der Waals surface area contributed by atoms with E-state index in [0.717, 1.165) is 18.2 Å². The van der Waals surface area contributed by atoms with E-state index < -0.39 is 48.6 Å². The van der Waals surface area contributed by atoms with Crippen LogP contribution in [0, 0.1) is 10.8 Å². The van der Waals surface area contributed by atoms with Gasteiger partial charge in [0.15, 0.2) is 0 Å². The Bertz CT molecular complexity index is 523. The summed E-state index contributed by atoms with van der Waals surface area (Å²) in [6.07, 6.45) is 4.58. The zero-order valence-corrected chi connectivity index (χ0v) is 12.7. The Labute approximate surface area is 137 Å². The van der Waals surface area contributed by atoms with Gasteiger partial charge in [0.25, 0.3) is 0 Å². The van der Waals surface area contributed by atoms with Gasteiger partial charge in [-0.15, -0.1) is 0 Å².